The monoisotopic (exact) mass is 278 g/mol. The number of carbonyl (C=O) groups is 1. The van der Waals surface area contributed by atoms with Crippen LogP contribution in [0.5, 0.6) is 0 Å². The number of esters is 1. The highest BCUT2D eigenvalue weighted by molar-refractivity contribution is 7.99. The Kier molecular flexibility index (Phi) is 5.05. The quantitative estimate of drug-likeness (QED) is 0.470. The molecule has 0 bridgehead atoms. The molecule has 3 nitrogen and oxygen atoms in total. The minimum Gasteiger partial charge on any atom is -0.469 e. The van der Waals surface area contributed by atoms with E-state index >= 15 is 0 Å². The number of carbonyl (C=O) groups excluding carboxylic acids is 1. The topological polar surface area (TPSA) is 35.5 Å². The lowest BCUT2D eigenvalue weighted by molar-refractivity contribution is -0.139. The molecule has 1 aromatic carbocycles. The van der Waals surface area contributed by atoms with Crippen molar-refractivity contribution in [3.05, 3.63) is 34.9 Å². The summed E-state index contributed by atoms with van der Waals surface area (Å²) in [5.74, 6) is 0.483. The van der Waals surface area contributed by atoms with Gasteiger partial charge in [-0.25, -0.2) is 0 Å². The number of benzene rings is 1. The van der Waals surface area contributed by atoms with Crippen LogP contribution in [0.4, 0.5) is 0 Å². The predicted octanol–water partition coefficient (Wildman–Crippen LogP) is 3.28. The van der Waals surface area contributed by atoms with Gasteiger partial charge in [0.25, 0.3) is 0 Å². The van der Waals surface area contributed by atoms with Crippen molar-refractivity contribution < 1.29 is 14.3 Å². The van der Waals surface area contributed by atoms with Gasteiger partial charge in [0.15, 0.2) is 0 Å². The molecular formula is C15H18O3S. The summed E-state index contributed by atoms with van der Waals surface area (Å²) >= 11 is 1.67. The van der Waals surface area contributed by atoms with E-state index in [0.717, 1.165) is 18.4 Å². The largest absolute Gasteiger partial charge is 0.469 e. The molecule has 4 heteroatoms. The molecule has 0 N–H and O–H groups in total. The van der Waals surface area contributed by atoms with E-state index in [4.69, 9.17) is 9.47 Å². The minimum absolute atomic E-state index is 0.167. The third-order valence-corrected chi connectivity index (χ3v) is 4.08. The highest BCUT2D eigenvalue weighted by atomic mass is 32.2. The van der Waals surface area contributed by atoms with E-state index in [2.05, 4.69) is 24.3 Å². The highest BCUT2D eigenvalue weighted by Crippen LogP contribution is 2.29. The summed E-state index contributed by atoms with van der Waals surface area (Å²) in [4.78, 5) is 12.5. The van der Waals surface area contributed by atoms with Crippen LogP contribution in [0.2, 0.25) is 0 Å². The lowest BCUT2D eigenvalue weighted by Crippen LogP contribution is -2.06. The number of rotatable bonds is 5. The van der Waals surface area contributed by atoms with Gasteiger partial charge in [-0.15, -0.1) is 0 Å². The second kappa shape index (κ2) is 6.78. The molecule has 19 heavy (non-hydrogen) atoms. The van der Waals surface area contributed by atoms with Gasteiger partial charge in [0.2, 0.25) is 0 Å². The van der Waals surface area contributed by atoms with Gasteiger partial charge in [-0.1, -0.05) is 29.5 Å². The number of ether oxygens (including phenoxy) is 2. The van der Waals surface area contributed by atoms with Crippen molar-refractivity contribution in [2.24, 2.45) is 0 Å². The van der Waals surface area contributed by atoms with Crippen molar-refractivity contribution in [2.75, 3.05) is 20.2 Å². The third kappa shape index (κ3) is 3.85. The Balaban J connectivity index is 2.15. The van der Waals surface area contributed by atoms with Gasteiger partial charge in [0.1, 0.15) is 0 Å². The van der Waals surface area contributed by atoms with Crippen LogP contribution in [0.25, 0.3) is 6.08 Å². The molecule has 0 fully saturated rings. The van der Waals surface area contributed by atoms with Crippen LogP contribution in [0.15, 0.2) is 28.7 Å². The zero-order chi connectivity index (χ0) is 13.7. The van der Waals surface area contributed by atoms with Gasteiger partial charge in [-0.05, 0) is 36.1 Å². The first-order chi connectivity index (χ1) is 9.22. The number of hydrogen-bond acceptors (Lipinski definition) is 4. The first-order valence-electron chi connectivity index (χ1n) is 6.24. The molecule has 0 aromatic heterocycles. The second-order valence-electron chi connectivity index (χ2n) is 4.47. The van der Waals surface area contributed by atoms with Crippen LogP contribution in [0.3, 0.4) is 0 Å². The zero-order valence-corrected chi connectivity index (χ0v) is 12.1. The van der Waals surface area contributed by atoms with Gasteiger partial charge in [0.05, 0.1) is 19.5 Å². The molecule has 0 heterocycles. The first-order valence-corrected chi connectivity index (χ1v) is 7.22. The van der Waals surface area contributed by atoms with Crippen molar-refractivity contribution in [1.29, 1.82) is 0 Å². The molecule has 0 amide bonds. The van der Waals surface area contributed by atoms with Gasteiger partial charge >= 0.3 is 5.97 Å². The molecule has 1 aliphatic rings. The summed E-state index contributed by atoms with van der Waals surface area (Å²) in [5.41, 5.74) is 3.70. The van der Waals surface area contributed by atoms with Gasteiger partial charge < -0.3 is 9.47 Å². The Bertz CT molecular complexity index is 494. The lowest BCUT2D eigenvalue weighted by Gasteiger charge is -2.16. The van der Waals surface area contributed by atoms with Crippen molar-refractivity contribution in [2.45, 2.75) is 24.2 Å². The van der Waals surface area contributed by atoms with E-state index in [1.165, 1.54) is 23.1 Å². The summed E-state index contributed by atoms with van der Waals surface area (Å²) in [7, 11) is 3.12. The summed E-state index contributed by atoms with van der Waals surface area (Å²) in [6.45, 7) is 0. The second-order valence-corrected chi connectivity index (χ2v) is 5.46. The van der Waals surface area contributed by atoms with E-state index in [0.29, 0.717) is 12.4 Å². The zero-order valence-electron chi connectivity index (χ0n) is 11.3. The van der Waals surface area contributed by atoms with Gasteiger partial charge in [-0.3, -0.25) is 4.79 Å². The average Bonchev–Trinajstić information content (AvgIpc) is 2.44. The summed E-state index contributed by atoms with van der Waals surface area (Å²) in [6, 6.07) is 6.45. The summed E-state index contributed by atoms with van der Waals surface area (Å²) < 4.78 is 9.78. The number of hydrogen-bond donors (Lipinski definition) is 0. The molecule has 0 aliphatic heterocycles. The smallest absolute Gasteiger partial charge is 0.309 e. The number of thioether (sulfide) groups is 1. The molecule has 1 aromatic rings. The maximum Gasteiger partial charge on any atom is 0.309 e. The maximum atomic E-state index is 11.3. The predicted molar refractivity (Wildman–Crippen MR) is 77.1 cm³/mol. The molecule has 0 spiro atoms. The normalized spacial score (nSPS) is 13.7. The Hall–Kier alpha value is -1.26. The van der Waals surface area contributed by atoms with E-state index < -0.39 is 0 Å². The van der Waals surface area contributed by atoms with E-state index in [-0.39, 0.29) is 5.97 Å². The van der Waals surface area contributed by atoms with Crippen LogP contribution in [-0.4, -0.2) is 26.1 Å². The summed E-state index contributed by atoms with van der Waals surface area (Å²) in [6.07, 6.45) is 4.44. The van der Waals surface area contributed by atoms with Crippen molar-refractivity contribution in [3.8, 4) is 0 Å². The summed E-state index contributed by atoms with van der Waals surface area (Å²) in [5, 5.41) is 0. The van der Waals surface area contributed by atoms with Gasteiger partial charge in [0, 0.05) is 12.0 Å². The molecule has 2 rings (SSSR count). The molecule has 0 saturated heterocycles. The maximum absolute atomic E-state index is 11.3. The van der Waals surface area contributed by atoms with Crippen molar-refractivity contribution in [3.63, 3.8) is 0 Å². The standard InChI is InChI=1S/C15H18O3S/c1-17-10-19-14-6-5-12-4-3-11(7-13(12)9-14)8-15(16)18-2/h5-7,9H,3-4,8,10H2,1-2H3. The Morgan fingerprint density at radius 1 is 1.32 bits per heavy atom. The van der Waals surface area contributed by atoms with E-state index in [1.807, 2.05) is 0 Å². The van der Waals surface area contributed by atoms with Crippen LogP contribution in [0.1, 0.15) is 24.0 Å². The minimum atomic E-state index is -0.167. The molecule has 0 saturated carbocycles. The molecule has 0 radical (unpaired) electrons. The number of fused-ring (bicyclic) bond motifs is 1. The fourth-order valence-electron chi connectivity index (χ4n) is 2.14. The molecule has 1 aliphatic carbocycles. The molecular weight excluding hydrogens is 260 g/mol. The third-order valence-electron chi connectivity index (χ3n) is 3.13. The molecule has 0 atom stereocenters. The number of methoxy groups -OCH3 is 2. The van der Waals surface area contributed by atoms with Crippen molar-refractivity contribution in [1.82, 2.24) is 0 Å². The highest BCUT2D eigenvalue weighted by Gasteiger charge is 2.13. The Morgan fingerprint density at radius 3 is 2.89 bits per heavy atom. The van der Waals surface area contributed by atoms with Crippen LogP contribution in [0, 0.1) is 0 Å². The lowest BCUT2D eigenvalue weighted by atomic mass is 9.91. The molecule has 0 unspecified atom stereocenters. The van der Waals surface area contributed by atoms with E-state index in [9.17, 15) is 4.79 Å². The van der Waals surface area contributed by atoms with Crippen LogP contribution >= 0.6 is 11.8 Å². The van der Waals surface area contributed by atoms with Crippen molar-refractivity contribution >= 4 is 23.8 Å². The fourth-order valence-corrected chi connectivity index (χ4v) is 2.76. The Morgan fingerprint density at radius 2 is 2.16 bits per heavy atom. The fraction of sp³-hybridized carbons (Fsp3) is 0.400. The number of aryl methyl sites for hydroxylation is 1. The van der Waals surface area contributed by atoms with Gasteiger partial charge in [-0.2, -0.15) is 0 Å². The van der Waals surface area contributed by atoms with Crippen LogP contribution < -0.4 is 0 Å². The molecule has 102 valence electrons. The van der Waals surface area contributed by atoms with Crippen LogP contribution in [-0.2, 0) is 20.7 Å². The first kappa shape index (κ1) is 14.2. The average molecular weight is 278 g/mol. The SMILES string of the molecule is COCSc1ccc2c(c1)C=C(CC(=O)OC)CC2. The Labute approximate surface area is 118 Å². The van der Waals surface area contributed by atoms with E-state index in [1.54, 1.807) is 18.9 Å².